The molecule has 0 aliphatic carbocycles. The highest BCUT2D eigenvalue weighted by Crippen LogP contribution is 2.27. The first-order valence-electron chi connectivity index (χ1n) is 6.03. The number of likely N-dealkylation sites (tertiary alicyclic amines) is 1. The van der Waals surface area contributed by atoms with E-state index in [0.717, 1.165) is 29.0 Å². The second kappa shape index (κ2) is 5.01. The first kappa shape index (κ1) is 13.5. The molecule has 0 amide bonds. The minimum Gasteiger partial charge on any atom is -0.481 e. The summed E-state index contributed by atoms with van der Waals surface area (Å²) in [4.78, 5) is 13.3. The molecule has 2 atom stereocenters. The number of aromatic nitrogens is 2. The van der Waals surface area contributed by atoms with Crippen molar-refractivity contribution in [3.8, 4) is 0 Å². The average Bonchev–Trinajstić information content (AvgIpc) is 2.75. The van der Waals surface area contributed by atoms with Gasteiger partial charge in [-0.3, -0.25) is 14.4 Å². The maximum absolute atomic E-state index is 11.1. The molecule has 2 unspecified atom stereocenters. The van der Waals surface area contributed by atoms with E-state index in [1.54, 1.807) is 0 Å². The molecule has 1 N–H and O–H groups in total. The fraction of sp³-hybridized carbons (Fsp3) is 0.667. The Hall–Kier alpha value is -0.880. The zero-order chi connectivity index (χ0) is 13.4. The predicted molar refractivity (Wildman–Crippen MR) is 71.2 cm³/mol. The first-order valence-corrected chi connectivity index (χ1v) is 6.82. The third-order valence-corrected chi connectivity index (χ3v) is 4.67. The summed E-state index contributed by atoms with van der Waals surface area (Å²) in [5.41, 5.74) is 2.07. The molecule has 1 saturated heterocycles. The van der Waals surface area contributed by atoms with Crippen molar-refractivity contribution in [1.82, 2.24) is 14.7 Å². The lowest BCUT2D eigenvalue weighted by atomic mass is 9.99. The van der Waals surface area contributed by atoms with E-state index in [1.807, 2.05) is 25.6 Å². The fourth-order valence-corrected chi connectivity index (χ4v) is 3.04. The van der Waals surface area contributed by atoms with Crippen LogP contribution >= 0.6 is 15.9 Å². The number of halogens is 1. The molecule has 5 nitrogen and oxygen atoms in total. The number of nitrogens with zero attached hydrogens (tertiary/aromatic N) is 3. The molecule has 6 heteroatoms. The van der Waals surface area contributed by atoms with E-state index < -0.39 is 5.97 Å². The van der Waals surface area contributed by atoms with Crippen molar-refractivity contribution in [2.75, 3.05) is 13.1 Å². The lowest BCUT2D eigenvalue weighted by molar-refractivity contribution is -0.142. The number of aliphatic carboxylic acids is 1. The Morgan fingerprint density at radius 1 is 1.56 bits per heavy atom. The van der Waals surface area contributed by atoms with Crippen LogP contribution in [0.5, 0.6) is 0 Å². The number of carboxylic acid groups (broad SMARTS) is 1. The standard InChI is InChI=1S/C12H18BrN3O2/c1-7-4-16(5-9(7)12(17)18)6-10-11(13)8(2)14-15(10)3/h7,9H,4-6H2,1-3H3,(H,17,18). The van der Waals surface area contributed by atoms with E-state index in [9.17, 15) is 4.79 Å². The Kier molecular flexibility index (Phi) is 3.77. The van der Waals surface area contributed by atoms with Gasteiger partial charge in [-0.15, -0.1) is 0 Å². The van der Waals surface area contributed by atoms with Crippen molar-refractivity contribution in [2.24, 2.45) is 18.9 Å². The molecule has 0 bridgehead atoms. The van der Waals surface area contributed by atoms with Gasteiger partial charge >= 0.3 is 5.97 Å². The van der Waals surface area contributed by atoms with Gasteiger partial charge in [-0.25, -0.2) is 0 Å². The molecular formula is C12H18BrN3O2. The van der Waals surface area contributed by atoms with E-state index in [4.69, 9.17) is 5.11 Å². The zero-order valence-corrected chi connectivity index (χ0v) is 12.4. The molecule has 1 aromatic rings. The Bertz CT molecular complexity index is 472. The number of rotatable bonds is 3. The lowest BCUT2D eigenvalue weighted by Crippen LogP contribution is -2.24. The summed E-state index contributed by atoms with van der Waals surface area (Å²) >= 11 is 3.54. The molecule has 0 spiro atoms. The maximum atomic E-state index is 11.1. The summed E-state index contributed by atoms with van der Waals surface area (Å²) in [7, 11) is 1.92. The lowest BCUT2D eigenvalue weighted by Gasteiger charge is -2.15. The van der Waals surface area contributed by atoms with Crippen LogP contribution in [-0.4, -0.2) is 38.8 Å². The fourth-order valence-electron chi connectivity index (χ4n) is 2.58. The van der Waals surface area contributed by atoms with Crippen LogP contribution in [0.2, 0.25) is 0 Å². The van der Waals surface area contributed by atoms with Gasteiger partial charge in [0.1, 0.15) is 0 Å². The molecule has 0 radical (unpaired) electrons. The van der Waals surface area contributed by atoms with E-state index in [0.29, 0.717) is 6.54 Å². The Balaban J connectivity index is 2.10. The van der Waals surface area contributed by atoms with Gasteiger partial charge in [-0.2, -0.15) is 5.10 Å². The van der Waals surface area contributed by atoms with Gasteiger partial charge in [-0.05, 0) is 28.8 Å². The Labute approximate surface area is 115 Å². The largest absolute Gasteiger partial charge is 0.481 e. The number of carboxylic acids is 1. The molecule has 1 aliphatic heterocycles. The second-order valence-electron chi connectivity index (χ2n) is 5.09. The van der Waals surface area contributed by atoms with Crippen molar-refractivity contribution >= 4 is 21.9 Å². The van der Waals surface area contributed by atoms with Gasteiger partial charge < -0.3 is 5.11 Å². The molecule has 0 aromatic carbocycles. The van der Waals surface area contributed by atoms with E-state index in [1.165, 1.54) is 0 Å². The summed E-state index contributed by atoms with van der Waals surface area (Å²) in [6.07, 6.45) is 0. The topological polar surface area (TPSA) is 58.4 Å². The van der Waals surface area contributed by atoms with E-state index in [-0.39, 0.29) is 11.8 Å². The minimum atomic E-state index is -0.690. The second-order valence-corrected chi connectivity index (χ2v) is 5.88. The molecule has 1 fully saturated rings. The monoisotopic (exact) mass is 315 g/mol. The molecule has 100 valence electrons. The number of carbonyl (C=O) groups is 1. The highest BCUT2D eigenvalue weighted by atomic mass is 79.9. The highest BCUT2D eigenvalue weighted by molar-refractivity contribution is 9.10. The van der Waals surface area contributed by atoms with Crippen molar-refractivity contribution in [2.45, 2.75) is 20.4 Å². The van der Waals surface area contributed by atoms with E-state index in [2.05, 4.69) is 25.9 Å². The minimum absolute atomic E-state index is 0.204. The van der Waals surface area contributed by atoms with E-state index >= 15 is 0 Å². The van der Waals surface area contributed by atoms with Crippen LogP contribution in [0, 0.1) is 18.8 Å². The van der Waals surface area contributed by atoms with Gasteiger partial charge in [-0.1, -0.05) is 6.92 Å². The molecule has 18 heavy (non-hydrogen) atoms. The van der Waals surface area contributed by atoms with Gasteiger partial charge in [0.05, 0.1) is 21.8 Å². The SMILES string of the molecule is Cc1nn(C)c(CN2CC(C)C(C(=O)O)C2)c1Br. The summed E-state index contributed by atoms with van der Waals surface area (Å²) in [6, 6.07) is 0. The van der Waals surface area contributed by atoms with Gasteiger partial charge in [0, 0.05) is 26.7 Å². The number of hydrogen-bond acceptors (Lipinski definition) is 3. The highest BCUT2D eigenvalue weighted by Gasteiger charge is 2.35. The Morgan fingerprint density at radius 3 is 2.67 bits per heavy atom. The molecule has 2 rings (SSSR count). The Morgan fingerprint density at radius 2 is 2.22 bits per heavy atom. The van der Waals surface area contributed by atoms with Crippen molar-refractivity contribution in [1.29, 1.82) is 0 Å². The zero-order valence-electron chi connectivity index (χ0n) is 10.9. The van der Waals surface area contributed by atoms with Gasteiger partial charge in [0.15, 0.2) is 0 Å². The normalized spacial score (nSPS) is 24.7. The molecule has 0 saturated carbocycles. The number of hydrogen-bond donors (Lipinski definition) is 1. The first-order chi connectivity index (χ1) is 8.40. The van der Waals surface area contributed by atoms with Crippen LogP contribution in [0.25, 0.3) is 0 Å². The van der Waals surface area contributed by atoms with Gasteiger partial charge in [0.25, 0.3) is 0 Å². The third-order valence-electron chi connectivity index (χ3n) is 3.64. The van der Waals surface area contributed by atoms with Crippen molar-refractivity contribution in [3.63, 3.8) is 0 Å². The van der Waals surface area contributed by atoms with Crippen LogP contribution in [0.3, 0.4) is 0 Å². The van der Waals surface area contributed by atoms with Crippen LogP contribution < -0.4 is 0 Å². The molecule has 1 aliphatic rings. The molecule has 1 aromatic heterocycles. The van der Waals surface area contributed by atoms with Crippen molar-refractivity contribution in [3.05, 3.63) is 15.9 Å². The van der Waals surface area contributed by atoms with Crippen molar-refractivity contribution < 1.29 is 9.90 Å². The predicted octanol–water partition coefficient (Wildman–Crippen LogP) is 1.64. The van der Waals surface area contributed by atoms with Crippen LogP contribution in [0.15, 0.2) is 4.47 Å². The summed E-state index contributed by atoms with van der Waals surface area (Å²) in [5, 5.41) is 13.5. The smallest absolute Gasteiger partial charge is 0.308 e. The van der Waals surface area contributed by atoms with Crippen LogP contribution in [0.4, 0.5) is 0 Å². The summed E-state index contributed by atoms with van der Waals surface area (Å²) in [5.74, 6) is -0.737. The third kappa shape index (κ3) is 2.44. The van der Waals surface area contributed by atoms with Gasteiger partial charge in [0.2, 0.25) is 0 Å². The summed E-state index contributed by atoms with van der Waals surface area (Å²) in [6.45, 7) is 6.15. The summed E-state index contributed by atoms with van der Waals surface area (Å²) < 4.78 is 2.88. The maximum Gasteiger partial charge on any atom is 0.308 e. The quantitative estimate of drug-likeness (QED) is 0.921. The van der Waals surface area contributed by atoms with Crippen LogP contribution in [-0.2, 0) is 18.4 Å². The molecular weight excluding hydrogens is 298 g/mol. The average molecular weight is 316 g/mol. The van der Waals surface area contributed by atoms with Crippen LogP contribution in [0.1, 0.15) is 18.3 Å². The number of aryl methyl sites for hydroxylation is 2. The molecule has 2 heterocycles.